The van der Waals surface area contributed by atoms with E-state index < -0.39 is 12.0 Å². The molecule has 4 rings (SSSR count). The van der Waals surface area contributed by atoms with Crippen molar-refractivity contribution in [2.24, 2.45) is 5.92 Å². The molecule has 1 amide bonds. The fourth-order valence-corrected chi connectivity index (χ4v) is 4.11. The number of fused-ring (bicyclic) bond motifs is 1. The molecule has 3 aromatic rings. The minimum atomic E-state index is -4.51. The van der Waals surface area contributed by atoms with Crippen molar-refractivity contribution in [2.45, 2.75) is 32.0 Å². The van der Waals surface area contributed by atoms with E-state index in [1.807, 2.05) is 12.1 Å². The van der Waals surface area contributed by atoms with Crippen LogP contribution < -0.4 is 0 Å². The summed E-state index contributed by atoms with van der Waals surface area (Å²) in [5.74, 6) is -0.770. The fourth-order valence-electron chi connectivity index (χ4n) is 3.99. The van der Waals surface area contributed by atoms with Crippen molar-refractivity contribution < 1.29 is 18.0 Å². The molecule has 158 valence electrons. The van der Waals surface area contributed by atoms with E-state index in [1.54, 1.807) is 41.3 Å². The summed E-state index contributed by atoms with van der Waals surface area (Å²) in [6.45, 7) is 1.34. The zero-order valence-electron chi connectivity index (χ0n) is 16.2. The van der Waals surface area contributed by atoms with Crippen LogP contribution in [0.2, 0.25) is 5.02 Å². The molecule has 0 unspecified atom stereocenters. The van der Waals surface area contributed by atoms with Gasteiger partial charge in [-0.2, -0.15) is 13.2 Å². The predicted octanol–water partition coefficient (Wildman–Crippen LogP) is 5.19. The lowest BCUT2D eigenvalue weighted by molar-refractivity contribution is -0.147. The van der Waals surface area contributed by atoms with Gasteiger partial charge in [0.05, 0.1) is 17.5 Å². The number of hydrogen-bond acceptors (Lipinski definition) is 2. The molecule has 0 saturated carbocycles. The number of halogens is 4. The summed E-state index contributed by atoms with van der Waals surface area (Å²) < 4.78 is 41.8. The number of carbonyl (C=O) groups is 1. The van der Waals surface area contributed by atoms with Crippen molar-refractivity contribution >= 4 is 28.5 Å². The predicted molar refractivity (Wildman–Crippen MR) is 109 cm³/mol. The summed E-state index contributed by atoms with van der Waals surface area (Å²) in [7, 11) is 0. The van der Waals surface area contributed by atoms with Gasteiger partial charge in [0, 0.05) is 24.7 Å². The van der Waals surface area contributed by atoms with Gasteiger partial charge in [-0.25, -0.2) is 4.98 Å². The maximum absolute atomic E-state index is 13.5. The number of imidazole rings is 1. The van der Waals surface area contributed by atoms with E-state index >= 15 is 0 Å². The van der Waals surface area contributed by atoms with Crippen molar-refractivity contribution in [2.75, 3.05) is 13.1 Å². The highest BCUT2D eigenvalue weighted by atomic mass is 35.5. The number of piperidine rings is 1. The smallest absolute Gasteiger partial charge is 0.342 e. The lowest BCUT2D eigenvalue weighted by atomic mass is 9.96. The van der Waals surface area contributed by atoms with E-state index in [0.29, 0.717) is 48.4 Å². The Kier molecular flexibility index (Phi) is 5.73. The SMILES string of the molecule is O=C(Cc1ccc(Cl)cc1)N1CCC(Cn2c(C(F)(F)F)nc3ccccc32)CC1. The summed E-state index contributed by atoms with van der Waals surface area (Å²) in [5, 5.41) is 0.622. The number of aromatic nitrogens is 2. The third kappa shape index (κ3) is 4.46. The molecule has 1 aromatic heterocycles. The number of amides is 1. The number of nitrogens with zero attached hydrogens (tertiary/aromatic N) is 3. The minimum absolute atomic E-state index is 0.0276. The van der Waals surface area contributed by atoms with Gasteiger partial charge >= 0.3 is 6.18 Å². The third-order valence-corrected chi connectivity index (χ3v) is 5.84. The van der Waals surface area contributed by atoms with Crippen LogP contribution in [-0.2, 0) is 23.9 Å². The first-order valence-corrected chi connectivity index (χ1v) is 10.2. The number of hydrogen-bond donors (Lipinski definition) is 0. The lowest BCUT2D eigenvalue weighted by Gasteiger charge is -2.32. The van der Waals surface area contributed by atoms with Gasteiger partial charge in [-0.05, 0) is 48.6 Å². The number of alkyl halides is 3. The second-order valence-electron chi connectivity index (χ2n) is 7.66. The molecule has 0 radical (unpaired) electrons. The van der Waals surface area contributed by atoms with Crippen LogP contribution in [0.3, 0.4) is 0 Å². The highest BCUT2D eigenvalue weighted by Crippen LogP contribution is 2.33. The van der Waals surface area contributed by atoms with Gasteiger partial charge in [-0.3, -0.25) is 4.79 Å². The zero-order valence-corrected chi connectivity index (χ0v) is 17.0. The first-order chi connectivity index (χ1) is 14.3. The Balaban J connectivity index is 1.42. The Morgan fingerprint density at radius 2 is 1.73 bits per heavy atom. The Labute approximate surface area is 177 Å². The van der Waals surface area contributed by atoms with Crippen molar-refractivity contribution in [3.8, 4) is 0 Å². The maximum atomic E-state index is 13.5. The van der Waals surface area contributed by atoms with E-state index in [2.05, 4.69) is 4.98 Å². The topological polar surface area (TPSA) is 38.1 Å². The third-order valence-electron chi connectivity index (χ3n) is 5.58. The maximum Gasteiger partial charge on any atom is 0.449 e. The van der Waals surface area contributed by atoms with Gasteiger partial charge in [0.25, 0.3) is 0 Å². The minimum Gasteiger partial charge on any atom is -0.342 e. The number of carbonyl (C=O) groups excluding carboxylic acids is 1. The zero-order chi connectivity index (χ0) is 21.3. The molecular formula is C22H21ClF3N3O. The molecular weight excluding hydrogens is 415 g/mol. The summed E-state index contributed by atoms with van der Waals surface area (Å²) in [6.07, 6.45) is -2.88. The molecule has 1 fully saturated rings. The van der Waals surface area contributed by atoms with Crippen LogP contribution in [0.15, 0.2) is 48.5 Å². The van der Waals surface area contributed by atoms with Gasteiger partial charge in [0.1, 0.15) is 0 Å². The molecule has 4 nitrogen and oxygen atoms in total. The van der Waals surface area contributed by atoms with Gasteiger partial charge in [-0.15, -0.1) is 0 Å². The second-order valence-corrected chi connectivity index (χ2v) is 8.10. The fraction of sp³-hybridized carbons (Fsp3) is 0.364. The molecule has 1 aliphatic rings. The van der Waals surface area contributed by atoms with E-state index in [4.69, 9.17) is 11.6 Å². The lowest BCUT2D eigenvalue weighted by Crippen LogP contribution is -2.40. The molecule has 2 aromatic carbocycles. The average Bonchev–Trinajstić information content (AvgIpc) is 3.09. The summed E-state index contributed by atoms with van der Waals surface area (Å²) in [4.78, 5) is 18.2. The standard InChI is InChI=1S/C22H21ClF3N3O/c23-17-7-5-15(6-8-17)13-20(30)28-11-9-16(10-12-28)14-29-19-4-2-1-3-18(19)27-21(29)22(24,25)26/h1-8,16H,9-14H2. The van der Waals surface area contributed by atoms with Crippen LogP contribution in [0, 0.1) is 5.92 Å². The van der Waals surface area contributed by atoms with E-state index in [-0.39, 0.29) is 18.4 Å². The molecule has 1 aliphatic heterocycles. The first-order valence-electron chi connectivity index (χ1n) is 9.86. The first kappa shape index (κ1) is 20.7. The number of likely N-dealkylation sites (tertiary alicyclic amines) is 1. The normalized spacial score (nSPS) is 15.7. The summed E-state index contributed by atoms with van der Waals surface area (Å²) in [6, 6.07) is 13.8. The number of benzene rings is 2. The largest absolute Gasteiger partial charge is 0.449 e. The Hall–Kier alpha value is -2.54. The Morgan fingerprint density at radius 3 is 2.40 bits per heavy atom. The molecule has 0 N–H and O–H groups in total. The van der Waals surface area contributed by atoms with Gasteiger partial charge in [0.15, 0.2) is 0 Å². The van der Waals surface area contributed by atoms with Crippen LogP contribution in [0.1, 0.15) is 24.2 Å². The highest BCUT2D eigenvalue weighted by Gasteiger charge is 2.38. The van der Waals surface area contributed by atoms with Crippen molar-refractivity contribution in [3.05, 3.63) is 64.9 Å². The molecule has 8 heteroatoms. The van der Waals surface area contributed by atoms with E-state index in [0.717, 1.165) is 5.56 Å². The van der Waals surface area contributed by atoms with Crippen LogP contribution in [0.4, 0.5) is 13.2 Å². The van der Waals surface area contributed by atoms with Crippen molar-refractivity contribution in [1.82, 2.24) is 14.5 Å². The molecule has 30 heavy (non-hydrogen) atoms. The van der Waals surface area contributed by atoms with Gasteiger partial charge in [-0.1, -0.05) is 35.9 Å². The van der Waals surface area contributed by atoms with E-state index in [1.165, 1.54) is 4.57 Å². The van der Waals surface area contributed by atoms with Crippen LogP contribution in [-0.4, -0.2) is 33.4 Å². The molecule has 0 bridgehead atoms. The molecule has 0 aliphatic carbocycles. The van der Waals surface area contributed by atoms with Crippen molar-refractivity contribution in [1.29, 1.82) is 0 Å². The monoisotopic (exact) mass is 435 g/mol. The second kappa shape index (κ2) is 8.30. The van der Waals surface area contributed by atoms with Crippen molar-refractivity contribution in [3.63, 3.8) is 0 Å². The molecule has 1 saturated heterocycles. The van der Waals surface area contributed by atoms with E-state index in [9.17, 15) is 18.0 Å². The van der Waals surface area contributed by atoms with Crippen LogP contribution in [0.25, 0.3) is 11.0 Å². The van der Waals surface area contributed by atoms with Crippen LogP contribution in [0.5, 0.6) is 0 Å². The number of para-hydroxylation sites is 2. The highest BCUT2D eigenvalue weighted by molar-refractivity contribution is 6.30. The average molecular weight is 436 g/mol. The summed E-state index contributed by atoms with van der Waals surface area (Å²) in [5.41, 5.74) is 1.73. The van der Waals surface area contributed by atoms with Gasteiger partial charge in [0.2, 0.25) is 11.7 Å². The number of rotatable bonds is 4. The van der Waals surface area contributed by atoms with Crippen LogP contribution >= 0.6 is 11.6 Å². The quantitative estimate of drug-likeness (QED) is 0.565. The summed E-state index contributed by atoms with van der Waals surface area (Å²) >= 11 is 5.87. The Morgan fingerprint density at radius 1 is 1.07 bits per heavy atom. The molecule has 0 atom stereocenters. The molecule has 0 spiro atoms. The Bertz CT molecular complexity index is 1040. The van der Waals surface area contributed by atoms with Gasteiger partial charge < -0.3 is 9.47 Å². The molecule has 2 heterocycles.